The van der Waals surface area contributed by atoms with E-state index in [1.165, 1.54) is 5.56 Å². The van der Waals surface area contributed by atoms with Crippen molar-refractivity contribution >= 4 is 19.7 Å². The Morgan fingerprint density at radius 1 is 0.903 bits per heavy atom. The Bertz CT molecular complexity index is 1090. The van der Waals surface area contributed by atoms with E-state index in [1.54, 1.807) is 12.1 Å². The molecule has 0 radical (unpaired) electrons. The van der Waals surface area contributed by atoms with E-state index in [4.69, 9.17) is 0 Å². The summed E-state index contributed by atoms with van der Waals surface area (Å²) in [5.74, 6) is 0.209. The Morgan fingerprint density at radius 2 is 1.55 bits per heavy atom. The van der Waals surface area contributed by atoms with Gasteiger partial charge in [0.15, 0.2) is 19.7 Å². The Morgan fingerprint density at radius 3 is 2.16 bits per heavy atom. The van der Waals surface area contributed by atoms with Gasteiger partial charge in [0, 0.05) is 6.04 Å². The van der Waals surface area contributed by atoms with Crippen LogP contribution in [0.2, 0.25) is 0 Å². The van der Waals surface area contributed by atoms with E-state index in [-0.39, 0.29) is 16.4 Å². The fraction of sp³-hybridized carbons (Fsp3) is 0.500. The maximum absolute atomic E-state index is 13.4. The van der Waals surface area contributed by atoms with Crippen molar-refractivity contribution < 1.29 is 16.8 Å². The molecular weight excluding hydrogens is 430 g/mol. The van der Waals surface area contributed by atoms with E-state index in [2.05, 4.69) is 29.2 Å². The van der Waals surface area contributed by atoms with Crippen molar-refractivity contribution in [3.63, 3.8) is 0 Å². The summed E-state index contributed by atoms with van der Waals surface area (Å²) in [5, 5.41) is -0.893. The van der Waals surface area contributed by atoms with Gasteiger partial charge in [-0.2, -0.15) is 0 Å². The number of rotatable bonds is 6. The van der Waals surface area contributed by atoms with Crippen molar-refractivity contribution in [2.45, 2.75) is 48.8 Å². The highest BCUT2D eigenvalue weighted by atomic mass is 32.2. The predicted octanol–water partition coefficient (Wildman–Crippen LogP) is 3.14. The third-order valence-electron chi connectivity index (χ3n) is 6.82. The molecule has 31 heavy (non-hydrogen) atoms. The zero-order valence-electron chi connectivity index (χ0n) is 18.0. The molecule has 2 aromatic rings. The molecule has 168 valence electrons. The third kappa shape index (κ3) is 5.04. The first kappa shape index (κ1) is 22.5. The topological polar surface area (TPSA) is 71.5 Å². The number of hydrogen-bond acceptors (Lipinski definition) is 5. The van der Waals surface area contributed by atoms with E-state index in [9.17, 15) is 16.8 Å². The van der Waals surface area contributed by atoms with Crippen LogP contribution in [0.4, 0.5) is 0 Å². The zero-order chi connectivity index (χ0) is 22.1. The first-order valence-corrected chi connectivity index (χ1v) is 14.5. The number of aryl methyl sites for hydroxylation is 1. The monoisotopic (exact) mass is 461 g/mol. The van der Waals surface area contributed by atoms with E-state index in [0.717, 1.165) is 44.3 Å². The highest BCUT2D eigenvalue weighted by molar-refractivity contribution is 7.96. The molecule has 0 aliphatic carbocycles. The number of piperidine rings is 1. The van der Waals surface area contributed by atoms with Crippen LogP contribution < -0.4 is 0 Å². The van der Waals surface area contributed by atoms with Gasteiger partial charge in [0.1, 0.15) is 0 Å². The van der Waals surface area contributed by atoms with Gasteiger partial charge < -0.3 is 0 Å². The van der Waals surface area contributed by atoms with Crippen LogP contribution in [-0.2, 0) is 32.5 Å². The Hall–Kier alpha value is -1.70. The van der Waals surface area contributed by atoms with Gasteiger partial charge in [0.05, 0.1) is 21.7 Å². The number of benzene rings is 2. The molecule has 2 aliphatic rings. The Balaban J connectivity index is 1.49. The normalized spacial score (nSPS) is 24.9. The maximum Gasteiger partial charge on any atom is 0.183 e. The minimum absolute atomic E-state index is 0.0622. The van der Waals surface area contributed by atoms with Crippen LogP contribution in [0.15, 0.2) is 59.5 Å². The summed E-state index contributed by atoms with van der Waals surface area (Å²) < 4.78 is 51.8. The summed E-state index contributed by atoms with van der Waals surface area (Å²) in [4.78, 5) is 2.35. The average Bonchev–Trinajstić information content (AvgIpc) is 3.11. The van der Waals surface area contributed by atoms with Crippen LogP contribution in [-0.4, -0.2) is 57.6 Å². The fourth-order valence-corrected chi connectivity index (χ4v) is 9.79. The highest BCUT2D eigenvalue weighted by Crippen LogP contribution is 2.32. The molecular formula is C24H31NO4S2. The van der Waals surface area contributed by atoms with E-state index < -0.39 is 31.0 Å². The molecule has 0 bridgehead atoms. The maximum atomic E-state index is 13.4. The smallest absolute Gasteiger partial charge is 0.183 e. The van der Waals surface area contributed by atoms with Gasteiger partial charge in [0.2, 0.25) is 0 Å². The lowest BCUT2D eigenvalue weighted by atomic mass is 9.89. The van der Waals surface area contributed by atoms with Crippen LogP contribution in [0.1, 0.15) is 30.9 Å². The molecule has 2 fully saturated rings. The minimum atomic E-state index is -3.72. The first-order valence-electron chi connectivity index (χ1n) is 11.1. The molecule has 0 aromatic heterocycles. The van der Waals surface area contributed by atoms with Gasteiger partial charge >= 0.3 is 0 Å². The van der Waals surface area contributed by atoms with Gasteiger partial charge in [0.25, 0.3) is 0 Å². The molecule has 2 unspecified atom stereocenters. The van der Waals surface area contributed by atoms with E-state index in [0.29, 0.717) is 5.92 Å². The predicted molar refractivity (Wildman–Crippen MR) is 124 cm³/mol. The number of hydrogen-bond donors (Lipinski definition) is 0. The summed E-state index contributed by atoms with van der Waals surface area (Å²) in [7, 11) is -7.10. The van der Waals surface area contributed by atoms with Crippen molar-refractivity contribution in [2.24, 2.45) is 5.92 Å². The van der Waals surface area contributed by atoms with Crippen LogP contribution >= 0.6 is 0 Å². The molecule has 0 N–H and O–H groups in total. The van der Waals surface area contributed by atoms with Crippen molar-refractivity contribution in [2.75, 3.05) is 24.6 Å². The quantitative estimate of drug-likeness (QED) is 0.661. The molecule has 7 heteroatoms. The van der Waals surface area contributed by atoms with E-state index >= 15 is 0 Å². The lowest BCUT2D eigenvalue weighted by Crippen LogP contribution is -2.49. The van der Waals surface area contributed by atoms with Crippen LogP contribution in [0.3, 0.4) is 0 Å². The summed E-state index contributed by atoms with van der Waals surface area (Å²) >= 11 is 0. The molecule has 2 aliphatic heterocycles. The second-order valence-corrected chi connectivity index (χ2v) is 13.2. The molecule has 2 heterocycles. The van der Waals surface area contributed by atoms with Gasteiger partial charge in [-0.05, 0) is 68.0 Å². The van der Waals surface area contributed by atoms with Crippen molar-refractivity contribution in [1.29, 1.82) is 0 Å². The lowest BCUT2D eigenvalue weighted by molar-refractivity contribution is 0.144. The van der Waals surface area contributed by atoms with Crippen LogP contribution in [0.25, 0.3) is 0 Å². The highest BCUT2D eigenvalue weighted by Gasteiger charge is 2.48. The first-order chi connectivity index (χ1) is 14.8. The van der Waals surface area contributed by atoms with E-state index in [1.807, 2.05) is 25.1 Å². The van der Waals surface area contributed by atoms with Gasteiger partial charge in [-0.25, -0.2) is 16.8 Å². The standard InChI is InChI=1S/C24H31NO4S2/c1-2-19-8-10-22(11-9-19)31(28,29)24-18-30(26,27)17-23(24)25-14-12-21(13-15-25)16-20-6-4-3-5-7-20/h3-11,21,23-24H,2,12-18H2,1H3. The molecule has 5 nitrogen and oxygen atoms in total. The summed E-state index contributed by atoms with van der Waals surface area (Å²) in [6, 6.07) is 16.8. The van der Waals surface area contributed by atoms with Crippen LogP contribution in [0, 0.1) is 5.92 Å². The fourth-order valence-electron chi connectivity index (χ4n) is 4.96. The molecule has 2 saturated heterocycles. The number of nitrogens with zero attached hydrogens (tertiary/aromatic N) is 1. The van der Waals surface area contributed by atoms with Crippen molar-refractivity contribution in [3.8, 4) is 0 Å². The molecule has 0 spiro atoms. The van der Waals surface area contributed by atoms with Gasteiger partial charge in [-0.15, -0.1) is 0 Å². The third-order valence-corrected chi connectivity index (χ3v) is 11.0. The number of sulfone groups is 2. The number of likely N-dealkylation sites (tertiary alicyclic amines) is 1. The van der Waals surface area contributed by atoms with Gasteiger partial charge in [-0.1, -0.05) is 49.4 Å². The second kappa shape index (κ2) is 9.04. The van der Waals surface area contributed by atoms with Crippen molar-refractivity contribution in [3.05, 3.63) is 65.7 Å². The molecule has 2 aromatic carbocycles. The average molecular weight is 462 g/mol. The van der Waals surface area contributed by atoms with Crippen LogP contribution in [0.5, 0.6) is 0 Å². The summed E-state index contributed by atoms with van der Waals surface area (Å²) in [6.07, 6.45) is 3.77. The second-order valence-electron chi connectivity index (χ2n) is 8.89. The largest absolute Gasteiger partial charge is 0.298 e. The molecule has 2 atom stereocenters. The molecule has 4 rings (SSSR count). The Labute approximate surface area is 186 Å². The lowest BCUT2D eigenvalue weighted by Gasteiger charge is -2.37. The van der Waals surface area contributed by atoms with Gasteiger partial charge in [-0.3, -0.25) is 4.90 Å². The SMILES string of the molecule is CCc1ccc(S(=O)(=O)C2CS(=O)(=O)CC2N2CCC(Cc3ccccc3)CC2)cc1. The summed E-state index contributed by atoms with van der Waals surface area (Å²) in [5.41, 5.74) is 2.38. The zero-order valence-corrected chi connectivity index (χ0v) is 19.6. The molecule has 0 amide bonds. The summed E-state index contributed by atoms with van der Waals surface area (Å²) in [6.45, 7) is 3.52. The minimum Gasteiger partial charge on any atom is -0.298 e. The van der Waals surface area contributed by atoms with Crippen molar-refractivity contribution in [1.82, 2.24) is 4.90 Å². The Kier molecular flexibility index (Phi) is 6.56. The molecule has 0 saturated carbocycles.